The summed E-state index contributed by atoms with van der Waals surface area (Å²) in [5, 5.41) is 8.62. The highest BCUT2D eigenvalue weighted by molar-refractivity contribution is 7.89. The van der Waals surface area contributed by atoms with Crippen molar-refractivity contribution in [3.8, 4) is 0 Å². The van der Waals surface area contributed by atoms with E-state index >= 15 is 0 Å². The molecule has 3 N–H and O–H groups in total. The first-order valence-electron chi connectivity index (χ1n) is 4.25. The number of aromatic nitrogens is 2. The van der Waals surface area contributed by atoms with Crippen molar-refractivity contribution in [2.45, 2.75) is 5.03 Å². The van der Waals surface area contributed by atoms with Gasteiger partial charge < -0.3 is 15.4 Å². The molecule has 0 amide bonds. The number of nitrogens with zero attached hydrogens (tertiary/aromatic N) is 3. The number of nitrogens with two attached hydrogens (primary N) is 1. The van der Waals surface area contributed by atoms with Gasteiger partial charge in [0.2, 0.25) is 0 Å². The largest absolute Gasteiger partial charge is 0.395 e. The number of sulfonamides is 1. The van der Waals surface area contributed by atoms with Crippen molar-refractivity contribution in [3.63, 3.8) is 0 Å². The molecule has 86 valence electrons. The Balaban J connectivity index is 3.17. The molecule has 1 aromatic rings. The highest BCUT2D eigenvalue weighted by atomic mass is 32.2. The van der Waals surface area contributed by atoms with Crippen molar-refractivity contribution in [1.82, 2.24) is 13.9 Å². The monoisotopic (exact) mass is 234 g/mol. The minimum Gasteiger partial charge on any atom is -0.395 e. The third-order valence-corrected chi connectivity index (χ3v) is 3.97. The zero-order valence-electron chi connectivity index (χ0n) is 8.58. The summed E-state index contributed by atoms with van der Waals surface area (Å²) in [4.78, 5) is 3.70. The molecule has 0 atom stereocenters. The van der Waals surface area contributed by atoms with Crippen LogP contribution in [0.2, 0.25) is 0 Å². The van der Waals surface area contributed by atoms with E-state index in [-0.39, 0.29) is 24.0 Å². The summed E-state index contributed by atoms with van der Waals surface area (Å²) in [5.74, 6) is -0.0395. The van der Waals surface area contributed by atoms with Crippen LogP contribution in [0.15, 0.2) is 11.4 Å². The second-order valence-electron chi connectivity index (χ2n) is 3.10. The lowest BCUT2D eigenvalue weighted by molar-refractivity contribution is 0.266. The molecule has 0 spiro atoms. The van der Waals surface area contributed by atoms with Crippen molar-refractivity contribution in [2.75, 3.05) is 25.9 Å². The number of hydrogen-bond acceptors (Lipinski definition) is 5. The van der Waals surface area contributed by atoms with Crippen LogP contribution in [0.1, 0.15) is 0 Å². The molecule has 0 fully saturated rings. The Labute approximate surface area is 88.2 Å². The van der Waals surface area contributed by atoms with Gasteiger partial charge in [-0.1, -0.05) is 0 Å². The zero-order chi connectivity index (χ0) is 11.6. The van der Waals surface area contributed by atoms with Crippen molar-refractivity contribution >= 4 is 15.8 Å². The van der Waals surface area contributed by atoms with Gasteiger partial charge in [-0.25, -0.2) is 13.4 Å². The maximum absolute atomic E-state index is 11.9. The predicted octanol–water partition coefficient (Wildman–Crippen LogP) is -1.38. The van der Waals surface area contributed by atoms with E-state index in [2.05, 4.69) is 4.98 Å². The van der Waals surface area contributed by atoms with E-state index in [0.29, 0.717) is 0 Å². The molecule has 1 aromatic heterocycles. The normalized spacial score (nSPS) is 12.3. The SMILES string of the molecule is CN(CCO)S(=O)(=O)c1c(N)ncn1C. The minimum absolute atomic E-state index is 0.0208. The zero-order valence-corrected chi connectivity index (χ0v) is 9.40. The Kier molecular flexibility index (Phi) is 3.32. The van der Waals surface area contributed by atoms with Gasteiger partial charge in [-0.15, -0.1) is 0 Å². The number of aliphatic hydroxyl groups excluding tert-OH is 1. The summed E-state index contributed by atoms with van der Waals surface area (Å²) in [5.41, 5.74) is 5.46. The van der Waals surface area contributed by atoms with Gasteiger partial charge in [-0.3, -0.25) is 0 Å². The summed E-state index contributed by atoms with van der Waals surface area (Å²) in [6.45, 7) is -0.222. The Hall–Kier alpha value is -1.12. The Morgan fingerprint density at radius 3 is 2.67 bits per heavy atom. The molecule has 15 heavy (non-hydrogen) atoms. The van der Waals surface area contributed by atoms with Crippen LogP contribution >= 0.6 is 0 Å². The number of nitrogen functional groups attached to an aromatic ring is 1. The van der Waals surface area contributed by atoms with Crippen molar-refractivity contribution < 1.29 is 13.5 Å². The quantitative estimate of drug-likeness (QED) is 0.668. The van der Waals surface area contributed by atoms with Crippen LogP contribution < -0.4 is 5.73 Å². The first-order chi connectivity index (χ1) is 6.91. The number of aliphatic hydroxyl groups is 1. The molecule has 0 saturated heterocycles. The van der Waals surface area contributed by atoms with E-state index in [1.165, 1.54) is 17.9 Å². The molecule has 0 aromatic carbocycles. The second kappa shape index (κ2) is 4.17. The van der Waals surface area contributed by atoms with Gasteiger partial charge in [0, 0.05) is 20.6 Å². The molecule has 1 heterocycles. The fraction of sp³-hybridized carbons (Fsp3) is 0.571. The molecule has 0 saturated carbocycles. The summed E-state index contributed by atoms with van der Waals surface area (Å²) >= 11 is 0. The van der Waals surface area contributed by atoms with Crippen molar-refractivity contribution in [2.24, 2.45) is 7.05 Å². The third-order valence-electron chi connectivity index (χ3n) is 1.98. The van der Waals surface area contributed by atoms with E-state index < -0.39 is 10.0 Å². The molecule has 0 aliphatic carbocycles. The predicted molar refractivity (Wildman–Crippen MR) is 54.5 cm³/mol. The van der Waals surface area contributed by atoms with Gasteiger partial charge in [0.05, 0.1) is 12.9 Å². The number of anilines is 1. The molecule has 0 unspecified atom stereocenters. The highest BCUT2D eigenvalue weighted by Crippen LogP contribution is 2.18. The smallest absolute Gasteiger partial charge is 0.262 e. The Bertz CT molecular complexity index is 420. The molecule has 0 aliphatic heterocycles. The average Bonchev–Trinajstić information content (AvgIpc) is 2.46. The van der Waals surface area contributed by atoms with E-state index in [1.54, 1.807) is 7.05 Å². The number of imidazole rings is 1. The molecular formula is C7H14N4O3S. The summed E-state index contributed by atoms with van der Waals surface area (Å²) in [6.07, 6.45) is 1.33. The minimum atomic E-state index is -3.67. The lowest BCUT2D eigenvalue weighted by atomic mass is 10.7. The number of likely N-dealkylation sites (N-methyl/N-ethyl adjacent to an activating group) is 1. The molecule has 1 rings (SSSR count). The fourth-order valence-electron chi connectivity index (χ4n) is 1.16. The average molecular weight is 234 g/mol. The van der Waals surface area contributed by atoms with Gasteiger partial charge in [0.1, 0.15) is 0 Å². The van der Waals surface area contributed by atoms with Gasteiger partial charge in [-0.05, 0) is 0 Å². The first-order valence-corrected chi connectivity index (χ1v) is 5.69. The van der Waals surface area contributed by atoms with Crippen LogP contribution in [0.25, 0.3) is 0 Å². The Morgan fingerprint density at radius 1 is 1.67 bits per heavy atom. The molecule has 8 heteroatoms. The number of aryl methyl sites for hydroxylation is 1. The van der Waals surface area contributed by atoms with Crippen LogP contribution in [0.4, 0.5) is 5.82 Å². The van der Waals surface area contributed by atoms with E-state index in [0.717, 1.165) is 4.31 Å². The standard InChI is InChI=1S/C7H14N4O3S/c1-10-5-9-6(8)7(10)15(13,14)11(2)3-4-12/h5,12H,3-4,8H2,1-2H3. The van der Waals surface area contributed by atoms with Crippen LogP contribution in [0.5, 0.6) is 0 Å². The number of rotatable bonds is 4. The maximum atomic E-state index is 11.9. The topological polar surface area (TPSA) is 101 Å². The molecule has 0 aliphatic rings. The number of hydrogen-bond donors (Lipinski definition) is 2. The van der Waals surface area contributed by atoms with Crippen molar-refractivity contribution in [3.05, 3.63) is 6.33 Å². The lowest BCUT2D eigenvalue weighted by Crippen LogP contribution is -2.31. The van der Waals surface area contributed by atoms with Crippen LogP contribution in [0.3, 0.4) is 0 Å². The van der Waals surface area contributed by atoms with Gasteiger partial charge >= 0.3 is 0 Å². The molecule has 0 bridgehead atoms. The van der Waals surface area contributed by atoms with Crippen molar-refractivity contribution in [1.29, 1.82) is 0 Å². The summed E-state index contributed by atoms with van der Waals surface area (Å²) < 4.78 is 26.2. The van der Waals surface area contributed by atoms with Gasteiger partial charge in [0.15, 0.2) is 10.8 Å². The second-order valence-corrected chi connectivity index (χ2v) is 5.06. The van der Waals surface area contributed by atoms with Crippen LogP contribution in [-0.4, -0.2) is 47.6 Å². The first kappa shape index (κ1) is 12.0. The highest BCUT2D eigenvalue weighted by Gasteiger charge is 2.26. The van der Waals surface area contributed by atoms with E-state index in [9.17, 15) is 8.42 Å². The molecule has 7 nitrogen and oxygen atoms in total. The summed E-state index contributed by atoms with van der Waals surface area (Å²) in [7, 11) is -0.753. The fourth-order valence-corrected chi connectivity index (χ4v) is 2.51. The lowest BCUT2D eigenvalue weighted by Gasteiger charge is -2.16. The molecular weight excluding hydrogens is 220 g/mol. The van der Waals surface area contributed by atoms with Crippen LogP contribution in [-0.2, 0) is 17.1 Å². The molecule has 0 radical (unpaired) electrons. The Morgan fingerprint density at radius 2 is 2.27 bits per heavy atom. The summed E-state index contributed by atoms with van der Waals surface area (Å²) in [6, 6.07) is 0. The maximum Gasteiger partial charge on any atom is 0.262 e. The van der Waals surface area contributed by atoms with Gasteiger partial charge in [-0.2, -0.15) is 4.31 Å². The van der Waals surface area contributed by atoms with Gasteiger partial charge in [0.25, 0.3) is 10.0 Å². The van der Waals surface area contributed by atoms with E-state index in [1.807, 2.05) is 0 Å². The van der Waals surface area contributed by atoms with Crippen LogP contribution in [0, 0.1) is 0 Å². The third kappa shape index (κ3) is 2.11. The van der Waals surface area contributed by atoms with E-state index in [4.69, 9.17) is 10.8 Å².